The van der Waals surface area contributed by atoms with Crippen LogP contribution in [0.1, 0.15) is 6.42 Å². The van der Waals surface area contributed by atoms with Crippen molar-refractivity contribution in [2.45, 2.75) is 6.42 Å². The van der Waals surface area contributed by atoms with Crippen LogP contribution in [-0.4, -0.2) is 69.8 Å². The van der Waals surface area contributed by atoms with Gasteiger partial charge in [0.15, 0.2) is 11.5 Å². The van der Waals surface area contributed by atoms with E-state index in [0.29, 0.717) is 40.9 Å². The highest BCUT2D eigenvalue weighted by Crippen LogP contribution is 2.39. The van der Waals surface area contributed by atoms with Gasteiger partial charge in [0.05, 0.1) is 26.4 Å². The molecule has 1 aromatic carbocycles. The number of pyridine rings is 1. The summed E-state index contributed by atoms with van der Waals surface area (Å²) in [6, 6.07) is 7.22. The van der Waals surface area contributed by atoms with Gasteiger partial charge < -0.3 is 24.4 Å². The molecule has 1 aromatic heterocycles. The first kappa shape index (κ1) is 22.0. The normalized spacial score (nSPS) is 14.3. The van der Waals surface area contributed by atoms with Crippen LogP contribution in [0.2, 0.25) is 5.02 Å². The largest absolute Gasteiger partial charge is 0.493 e. The Labute approximate surface area is 181 Å². The summed E-state index contributed by atoms with van der Waals surface area (Å²) in [5, 5.41) is 3.54. The van der Waals surface area contributed by atoms with Crippen molar-refractivity contribution in [1.29, 1.82) is 0 Å². The number of nitrogens with one attached hydrogen (secondary N) is 1. The lowest BCUT2D eigenvalue weighted by Gasteiger charge is -2.35. The monoisotopic (exact) mass is 434 g/mol. The lowest BCUT2D eigenvalue weighted by atomic mass is 10.2. The van der Waals surface area contributed by atoms with Crippen LogP contribution in [0.5, 0.6) is 17.2 Å². The van der Waals surface area contributed by atoms with Crippen LogP contribution in [0, 0.1) is 0 Å². The zero-order valence-corrected chi connectivity index (χ0v) is 18.2. The number of hydrogen-bond acceptors (Lipinski definition) is 7. The molecule has 0 bridgehead atoms. The molecule has 0 spiro atoms. The van der Waals surface area contributed by atoms with Crippen molar-refractivity contribution in [3.63, 3.8) is 0 Å². The van der Waals surface area contributed by atoms with Gasteiger partial charge in [-0.05, 0) is 12.1 Å². The van der Waals surface area contributed by atoms with Crippen molar-refractivity contribution in [1.82, 2.24) is 9.88 Å². The number of hydrogen-bond donors (Lipinski definition) is 1. The Hall–Kier alpha value is -2.71. The Kier molecular flexibility index (Phi) is 7.59. The molecular formula is C21H27ClN4O4. The summed E-state index contributed by atoms with van der Waals surface area (Å²) in [6.45, 7) is 4.17. The standard InChI is InChI=1S/C21H27ClN4O4/c1-28-17-12-16(13-18(29-2)21(17)30-3)24-20(27)6-7-25-8-10-26(11-9-25)19-5-4-15(22)14-23-19/h4-5,12-14H,6-11H2,1-3H3,(H,24,27). The molecule has 9 heteroatoms. The summed E-state index contributed by atoms with van der Waals surface area (Å²) in [7, 11) is 4.63. The smallest absolute Gasteiger partial charge is 0.225 e. The number of benzene rings is 1. The molecule has 30 heavy (non-hydrogen) atoms. The summed E-state index contributed by atoms with van der Waals surface area (Å²) in [5.74, 6) is 2.36. The molecule has 2 aromatic rings. The number of ether oxygens (including phenoxy) is 3. The molecule has 3 rings (SSSR count). The van der Waals surface area contributed by atoms with Crippen LogP contribution in [0.15, 0.2) is 30.5 Å². The molecule has 1 N–H and O–H groups in total. The summed E-state index contributed by atoms with van der Waals surface area (Å²) >= 11 is 5.90. The second-order valence-corrected chi connectivity index (χ2v) is 7.31. The van der Waals surface area contributed by atoms with Gasteiger partial charge in [-0.1, -0.05) is 11.6 Å². The minimum absolute atomic E-state index is 0.0638. The lowest BCUT2D eigenvalue weighted by molar-refractivity contribution is -0.116. The zero-order chi connectivity index (χ0) is 21.5. The van der Waals surface area contributed by atoms with E-state index in [1.807, 2.05) is 12.1 Å². The first-order valence-electron chi connectivity index (χ1n) is 9.72. The van der Waals surface area contributed by atoms with E-state index < -0.39 is 0 Å². The summed E-state index contributed by atoms with van der Waals surface area (Å²) in [5.41, 5.74) is 0.605. The van der Waals surface area contributed by atoms with Gasteiger partial charge in [0.25, 0.3) is 0 Å². The van der Waals surface area contributed by atoms with E-state index >= 15 is 0 Å². The van der Waals surface area contributed by atoms with Gasteiger partial charge in [0, 0.05) is 63.2 Å². The topological polar surface area (TPSA) is 76.2 Å². The number of carbonyl (C=O) groups excluding carboxylic acids is 1. The molecule has 1 saturated heterocycles. The third kappa shape index (κ3) is 5.46. The van der Waals surface area contributed by atoms with E-state index in [9.17, 15) is 4.79 Å². The number of rotatable bonds is 8. The van der Waals surface area contributed by atoms with Gasteiger partial charge >= 0.3 is 0 Å². The molecule has 0 unspecified atom stereocenters. The molecule has 1 amide bonds. The van der Waals surface area contributed by atoms with Crippen LogP contribution >= 0.6 is 11.6 Å². The highest BCUT2D eigenvalue weighted by Gasteiger charge is 2.19. The van der Waals surface area contributed by atoms with Crippen LogP contribution in [0.4, 0.5) is 11.5 Å². The molecule has 1 aliphatic heterocycles. The number of piperazine rings is 1. The molecule has 1 fully saturated rings. The van der Waals surface area contributed by atoms with Crippen molar-refractivity contribution in [2.75, 3.05) is 64.3 Å². The Morgan fingerprint density at radius 3 is 2.27 bits per heavy atom. The van der Waals surface area contributed by atoms with Gasteiger partial charge in [-0.3, -0.25) is 9.69 Å². The van der Waals surface area contributed by atoms with Gasteiger partial charge in [0.2, 0.25) is 11.7 Å². The fraction of sp³-hybridized carbons (Fsp3) is 0.429. The SMILES string of the molecule is COc1cc(NC(=O)CCN2CCN(c3ccc(Cl)cn3)CC2)cc(OC)c1OC. The maximum atomic E-state index is 12.4. The summed E-state index contributed by atoms with van der Waals surface area (Å²) in [4.78, 5) is 21.3. The van der Waals surface area contributed by atoms with Crippen molar-refractivity contribution >= 4 is 29.0 Å². The first-order valence-corrected chi connectivity index (χ1v) is 10.1. The van der Waals surface area contributed by atoms with Crippen molar-refractivity contribution in [3.8, 4) is 17.2 Å². The molecular weight excluding hydrogens is 408 g/mol. The average Bonchev–Trinajstić information content (AvgIpc) is 2.78. The van der Waals surface area contributed by atoms with Crippen LogP contribution in [0.25, 0.3) is 0 Å². The first-order chi connectivity index (χ1) is 14.5. The number of aromatic nitrogens is 1. The van der Waals surface area contributed by atoms with Gasteiger partial charge in [0.1, 0.15) is 5.82 Å². The van der Waals surface area contributed by atoms with E-state index in [-0.39, 0.29) is 5.91 Å². The molecule has 2 heterocycles. The predicted octanol–water partition coefficient (Wildman–Crippen LogP) is 2.91. The van der Waals surface area contributed by atoms with Gasteiger partial charge in [-0.2, -0.15) is 0 Å². The van der Waals surface area contributed by atoms with Crippen LogP contribution in [0.3, 0.4) is 0 Å². The Bertz CT molecular complexity index is 830. The Morgan fingerprint density at radius 1 is 1.07 bits per heavy atom. The number of nitrogens with zero attached hydrogens (tertiary/aromatic N) is 3. The van der Waals surface area contributed by atoms with Gasteiger partial charge in [-0.25, -0.2) is 4.98 Å². The number of halogens is 1. The molecule has 0 aliphatic carbocycles. The molecule has 1 aliphatic rings. The quantitative estimate of drug-likeness (QED) is 0.684. The van der Waals surface area contributed by atoms with Crippen LogP contribution in [-0.2, 0) is 4.79 Å². The maximum Gasteiger partial charge on any atom is 0.225 e. The number of carbonyl (C=O) groups is 1. The Morgan fingerprint density at radius 2 is 1.73 bits per heavy atom. The van der Waals surface area contributed by atoms with Crippen molar-refractivity contribution in [3.05, 3.63) is 35.5 Å². The highest BCUT2D eigenvalue weighted by atomic mass is 35.5. The summed E-state index contributed by atoms with van der Waals surface area (Å²) < 4.78 is 16.0. The number of amides is 1. The van der Waals surface area contributed by atoms with E-state index in [1.54, 1.807) is 39.7 Å². The van der Waals surface area contributed by atoms with Crippen molar-refractivity contribution in [2.24, 2.45) is 0 Å². The van der Waals surface area contributed by atoms with Crippen LogP contribution < -0.4 is 24.4 Å². The maximum absolute atomic E-state index is 12.4. The molecule has 0 atom stereocenters. The Balaban J connectivity index is 1.49. The number of methoxy groups -OCH3 is 3. The molecule has 162 valence electrons. The third-order valence-electron chi connectivity index (χ3n) is 5.01. The second-order valence-electron chi connectivity index (χ2n) is 6.88. The lowest BCUT2D eigenvalue weighted by Crippen LogP contribution is -2.47. The number of anilines is 2. The minimum Gasteiger partial charge on any atom is -0.493 e. The highest BCUT2D eigenvalue weighted by molar-refractivity contribution is 6.30. The van der Waals surface area contributed by atoms with E-state index in [2.05, 4.69) is 20.1 Å². The van der Waals surface area contributed by atoms with Gasteiger partial charge in [-0.15, -0.1) is 0 Å². The zero-order valence-electron chi connectivity index (χ0n) is 17.5. The van der Waals surface area contributed by atoms with Crippen molar-refractivity contribution < 1.29 is 19.0 Å². The predicted molar refractivity (Wildman–Crippen MR) is 117 cm³/mol. The second kappa shape index (κ2) is 10.4. The summed E-state index contributed by atoms with van der Waals surface area (Å²) in [6.07, 6.45) is 2.06. The minimum atomic E-state index is -0.0638. The fourth-order valence-corrected chi connectivity index (χ4v) is 3.50. The third-order valence-corrected chi connectivity index (χ3v) is 5.24. The van der Waals surface area contributed by atoms with E-state index in [0.717, 1.165) is 32.0 Å². The van der Waals surface area contributed by atoms with E-state index in [1.165, 1.54) is 0 Å². The molecule has 0 radical (unpaired) electrons. The average molecular weight is 435 g/mol. The fourth-order valence-electron chi connectivity index (χ4n) is 3.39. The van der Waals surface area contributed by atoms with E-state index in [4.69, 9.17) is 25.8 Å². The molecule has 0 saturated carbocycles. The molecule has 8 nitrogen and oxygen atoms in total.